The van der Waals surface area contributed by atoms with Crippen molar-refractivity contribution in [3.05, 3.63) is 59.2 Å². The Morgan fingerprint density at radius 3 is 2.68 bits per heavy atom. The smallest absolute Gasteiger partial charge is 0.234 e. The summed E-state index contributed by atoms with van der Waals surface area (Å²) in [6.07, 6.45) is 4.48. The van der Waals surface area contributed by atoms with E-state index in [-0.39, 0.29) is 5.91 Å². The Hall–Kier alpha value is -2.38. The molecule has 0 radical (unpaired) electrons. The van der Waals surface area contributed by atoms with Crippen LogP contribution in [0.4, 0.5) is 16.5 Å². The minimum atomic E-state index is -0.0252. The van der Waals surface area contributed by atoms with E-state index in [0.29, 0.717) is 5.75 Å². The quantitative estimate of drug-likeness (QED) is 0.533. The second-order valence-electron chi connectivity index (χ2n) is 6.72. The zero-order valence-electron chi connectivity index (χ0n) is 15.7. The van der Waals surface area contributed by atoms with Crippen molar-refractivity contribution >= 4 is 45.5 Å². The standard InChI is InChI=1S/C21H22N4OS2/c1-2-14-6-9-17(10-7-14)23-20-24-25-21(28-20)27-13-19(26)22-18-11-8-15-4-3-5-16(15)12-18/h6-12H,2-5,13H2,1H3,(H,22,26)(H,23,24). The van der Waals surface area contributed by atoms with Gasteiger partial charge in [0.2, 0.25) is 11.0 Å². The summed E-state index contributed by atoms with van der Waals surface area (Å²) in [7, 11) is 0. The third-order valence-corrected chi connectivity index (χ3v) is 6.70. The number of hydrogen-bond donors (Lipinski definition) is 2. The van der Waals surface area contributed by atoms with E-state index in [1.165, 1.54) is 46.2 Å². The van der Waals surface area contributed by atoms with Crippen LogP contribution in [-0.4, -0.2) is 21.9 Å². The highest BCUT2D eigenvalue weighted by Crippen LogP contribution is 2.28. The zero-order chi connectivity index (χ0) is 19.3. The summed E-state index contributed by atoms with van der Waals surface area (Å²) in [5, 5.41) is 15.3. The molecule has 7 heteroatoms. The average Bonchev–Trinajstić information content (AvgIpc) is 3.36. The van der Waals surface area contributed by atoms with Crippen LogP contribution in [0.3, 0.4) is 0 Å². The molecule has 4 rings (SSSR count). The molecular formula is C21H22N4OS2. The fourth-order valence-corrected chi connectivity index (χ4v) is 4.81. The van der Waals surface area contributed by atoms with Crippen LogP contribution in [-0.2, 0) is 24.1 Å². The molecule has 0 bridgehead atoms. The molecule has 0 fully saturated rings. The van der Waals surface area contributed by atoms with E-state index >= 15 is 0 Å². The fraction of sp³-hybridized carbons (Fsp3) is 0.286. The van der Waals surface area contributed by atoms with E-state index in [0.717, 1.165) is 40.1 Å². The van der Waals surface area contributed by atoms with E-state index < -0.39 is 0 Å². The molecule has 2 N–H and O–H groups in total. The minimum Gasteiger partial charge on any atom is -0.330 e. The van der Waals surface area contributed by atoms with Crippen molar-refractivity contribution in [3.63, 3.8) is 0 Å². The van der Waals surface area contributed by atoms with E-state index in [4.69, 9.17) is 0 Å². The van der Waals surface area contributed by atoms with Gasteiger partial charge in [0.1, 0.15) is 0 Å². The summed E-state index contributed by atoms with van der Waals surface area (Å²) in [4.78, 5) is 12.3. The highest BCUT2D eigenvalue weighted by molar-refractivity contribution is 8.01. The van der Waals surface area contributed by atoms with Crippen LogP contribution in [0.15, 0.2) is 46.8 Å². The molecule has 1 heterocycles. The van der Waals surface area contributed by atoms with Crippen LogP contribution in [0, 0.1) is 0 Å². The summed E-state index contributed by atoms with van der Waals surface area (Å²) < 4.78 is 0.775. The molecule has 1 aliphatic rings. The molecule has 2 aromatic carbocycles. The van der Waals surface area contributed by atoms with Gasteiger partial charge in [0.25, 0.3) is 0 Å². The van der Waals surface area contributed by atoms with Gasteiger partial charge in [0.05, 0.1) is 5.75 Å². The first-order valence-electron chi connectivity index (χ1n) is 9.43. The number of anilines is 3. The van der Waals surface area contributed by atoms with Crippen LogP contribution in [0.2, 0.25) is 0 Å². The number of benzene rings is 2. The van der Waals surface area contributed by atoms with Crippen molar-refractivity contribution in [3.8, 4) is 0 Å². The molecule has 0 saturated heterocycles. The van der Waals surface area contributed by atoms with Crippen molar-refractivity contribution < 1.29 is 4.79 Å². The first kappa shape index (κ1) is 19.0. The number of thioether (sulfide) groups is 1. The van der Waals surface area contributed by atoms with Crippen LogP contribution in [0.5, 0.6) is 0 Å². The lowest BCUT2D eigenvalue weighted by Crippen LogP contribution is -2.14. The van der Waals surface area contributed by atoms with E-state index in [9.17, 15) is 4.79 Å². The first-order valence-corrected chi connectivity index (χ1v) is 11.2. The Kier molecular flexibility index (Phi) is 5.92. The lowest BCUT2D eigenvalue weighted by Gasteiger charge is -2.06. The van der Waals surface area contributed by atoms with E-state index in [2.05, 4.69) is 52.0 Å². The molecule has 0 saturated carbocycles. The van der Waals surface area contributed by atoms with Gasteiger partial charge in [-0.15, -0.1) is 10.2 Å². The van der Waals surface area contributed by atoms with Crippen LogP contribution in [0.25, 0.3) is 0 Å². The Balaban J connectivity index is 1.28. The number of aromatic nitrogens is 2. The maximum Gasteiger partial charge on any atom is 0.234 e. The second-order valence-corrected chi connectivity index (χ2v) is 8.92. The number of carbonyl (C=O) groups excluding carboxylic acids is 1. The first-order chi connectivity index (χ1) is 13.7. The molecule has 1 aromatic heterocycles. The number of hydrogen-bond acceptors (Lipinski definition) is 6. The monoisotopic (exact) mass is 410 g/mol. The highest BCUT2D eigenvalue weighted by Gasteiger charge is 2.13. The second kappa shape index (κ2) is 8.75. The van der Waals surface area contributed by atoms with E-state index in [1.807, 2.05) is 18.2 Å². The van der Waals surface area contributed by atoms with Gasteiger partial charge >= 0.3 is 0 Å². The number of carbonyl (C=O) groups is 1. The van der Waals surface area contributed by atoms with Crippen LogP contribution < -0.4 is 10.6 Å². The maximum absolute atomic E-state index is 12.3. The fourth-order valence-electron chi connectivity index (χ4n) is 3.24. The summed E-state index contributed by atoms with van der Waals surface area (Å²) in [6, 6.07) is 14.5. The lowest BCUT2D eigenvalue weighted by atomic mass is 10.1. The minimum absolute atomic E-state index is 0.0252. The summed E-state index contributed by atoms with van der Waals surface area (Å²) >= 11 is 2.86. The van der Waals surface area contributed by atoms with Crippen molar-refractivity contribution in [2.24, 2.45) is 0 Å². The molecule has 0 aliphatic heterocycles. The Bertz CT molecular complexity index is 969. The van der Waals surface area contributed by atoms with E-state index in [1.54, 1.807) is 0 Å². The Morgan fingerprint density at radius 2 is 1.86 bits per heavy atom. The Labute approximate surface area is 173 Å². The SMILES string of the molecule is CCc1ccc(Nc2nnc(SCC(=O)Nc3ccc4c(c3)CCC4)s2)cc1. The molecule has 0 unspecified atom stereocenters. The van der Waals surface area contributed by atoms with Gasteiger partial charge in [-0.05, 0) is 66.6 Å². The highest BCUT2D eigenvalue weighted by atomic mass is 32.2. The molecule has 0 atom stereocenters. The summed E-state index contributed by atoms with van der Waals surface area (Å²) in [5.41, 5.74) is 5.93. The molecule has 5 nitrogen and oxygen atoms in total. The predicted molar refractivity (Wildman–Crippen MR) is 117 cm³/mol. The molecule has 3 aromatic rings. The van der Waals surface area contributed by atoms with Gasteiger partial charge in [-0.2, -0.15) is 0 Å². The van der Waals surface area contributed by atoms with Gasteiger partial charge in [-0.3, -0.25) is 4.79 Å². The molecule has 144 valence electrons. The number of fused-ring (bicyclic) bond motifs is 1. The normalized spacial score (nSPS) is 12.6. The van der Waals surface area contributed by atoms with Crippen LogP contribution in [0.1, 0.15) is 30.0 Å². The topological polar surface area (TPSA) is 66.9 Å². The summed E-state index contributed by atoms with van der Waals surface area (Å²) in [5.74, 6) is 0.291. The largest absolute Gasteiger partial charge is 0.330 e. The third kappa shape index (κ3) is 4.72. The van der Waals surface area contributed by atoms with Crippen molar-refractivity contribution in [2.75, 3.05) is 16.4 Å². The molecule has 28 heavy (non-hydrogen) atoms. The maximum atomic E-state index is 12.3. The number of nitrogens with zero attached hydrogens (tertiary/aromatic N) is 2. The number of nitrogens with one attached hydrogen (secondary N) is 2. The Morgan fingerprint density at radius 1 is 1.07 bits per heavy atom. The van der Waals surface area contributed by atoms with Gasteiger partial charge in [0.15, 0.2) is 4.34 Å². The van der Waals surface area contributed by atoms with Gasteiger partial charge in [-0.25, -0.2) is 0 Å². The average molecular weight is 411 g/mol. The van der Waals surface area contributed by atoms with Crippen molar-refractivity contribution in [1.82, 2.24) is 10.2 Å². The van der Waals surface area contributed by atoms with Gasteiger partial charge < -0.3 is 10.6 Å². The van der Waals surface area contributed by atoms with Crippen molar-refractivity contribution in [2.45, 2.75) is 36.9 Å². The predicted octanol–water partition coefficient (Wildman–Crippen LogP) is 5.06. The molecule has 0 spiro atoms. The lowest BCUT2D eigenvalue weighted by molar-refractivity contribution is -0.113. The number of aryl methyl sites for hydroxylation is 3. The number of rotatable bonds is 7. The van der Waals surface area contributed by atoms with Crippen molar-refractivity contribution in [1.29, 1.82) is 0 Å². The molecule has 1 aliphatic carbocycles. The van der Waals surface area contributed by atoms with Gasteiger partial charge in [-0.1, -0.05) is 48.2 Å². The van der Waals surface area contributed by atoms with Crippen LogP contribution >= 0.6 is 23.1 Å². The zero-order valence-corrected chi connectivity index (χ0v) is 17.3. The van der Waals surface area contributed by atoms with Gasteiger partial charge in [0, 0.05) is 11.4 Å². The number of amides is 1. The molecule has 1 amide bonds. The third-order valence-electron chi connectivity index (χ3n) is 4.73. The molecular weight excluding hydrogens is 388 g/mol. The summed E-state index contributed by atoms with van der Waals surface area (Å²) in [6.45, 7) is 2.14.